The lowest BCUT2D eigenvalue weighted by Crippen LogP contribution is -2.32. The van der Waals surface area contributed by atoms with Gasteiger partial charge in [-0.05, 0) is 26.0 Å². The molecule has 3 N–H and O–H groups in total. The minimum Gasteiger partial charge on any atom is -0.462 e. The number of halogens is 1. The largest absolute Gasteiger partial charge is 0.462 e. The number of nitrogens with two attached hydrogens (primary N) is 1. The van der Waals surface area contributed by atoms with E-state index in [0.29, 0.717) is 17.9 Å². The number of anilines is 2. The highest BCUT2D eigenvalue weighted by Gasteiger charge is 2.18. The summed E-state index contributed by atoms with van der Waals surface area (Å²) >= 11 is 6.10. The van der Waals surface area contributed by atoms with E-state index in [9.17, 15) is 9.59 Å². The van der Waals surface area contributed by atoms with Gasteiger partial charge in [-0.2, -0.15) is 0 Å². The maximum Gasteiger partial charge on any atom is 0.340 e. The molecule has 0 aliphatic heterocycles. The van der Waals surface area contributed by atoms with Crippen LogP contribution in [0.1, 0.15) is 24.2 Å². The number of benzene rings is 1. The molecule has 1 aromatic carbocycles. The predicted octanol–water partition coefficient (Wildman–Crippen LogP) is 1.99. The smallest absolute Gasteiger partial charge is 0.340 e. The minimum absolute atomic E-state index is 0.0282. The van der Waals surface area contributed by atoms with Crippen molar-refractivity contribution in [3.63, 3.8) is 0 Å². The van der Waals surface area contributed by atoms with Crippen LogP contribution in [0.3, 0.4) is 0 Å². The number of nitrogen functional groups attached to an aromatic ring is 1. The number of nitrogens with zero attached hydrogens (tertiary/aromatic N) is 1. The van der Waals surface area contributed by atoms with Crippen LogP contribution >= 0.6 is 11.6 Å². The van der Waals surface area contributed by atoms with Gasteiger partial charge in [-0.1, -0.05) is 11.6 Å². The number of hydrogen-bond donors (Lipinski definition) is 2. The number of carbonyl (C=O) groups excluding carboxylic acids is 2. The van der Waals surface area contributed by atoms with Crippen LogP contribution in [0.25, 0.3) is 0 Å². The van der Waals surface area contributed by atoms with E-state index < -0.39 is 5.97 Å². The third kappa shape index (κ3) is 4.53. The van der Waals surface area contributed by atoms with E-state index in [2.05, 4.69) is 5.32 Å². The lowest BCUT2D eigenvalue weighted by molar-refractivity contribution is -0.127. The maximum absolute atomic E-state index is 11.9. The summed E-state index contributed by atoms with van der Waals surface area (Å²) in [5, 5.41) is 3.15. The molecule has 6 nitrogen and oxygen atoms in total. The van der Waals surface area contributed by atoms with E-state index >= 15 is 0 Å². The van der Waals surface area contributed by atoms with E-state index in [1.54, 1.807) is 18.9 Å². The van der Waals surface area contributed by atoms with Crippen molar-refractivity contribution in [3.8, 4) is 0 Å². The monoisotopic (exact) mass is 313 g/mol. The van der Waals surface area contributed by atoms with Gasteiger partial charge >= 0.3 is 5.97 Å². The molecular formula is C14H20ClN3O3. The fourth-order valence-electron chi connectivity index (χ4n) is 1.65. The van der Waals surface area contributed by atoms with E-state index in [-0.39, 0.29) is 29.6 Å². The Labute approximate surface area is 129 Å². The summed E-state index contributed by atoms with van der Waals surface area (Å²) in [7, 11) is 1.70. The van der Waals surface area contributed by atoms with E-state index in [0.717, 1.165) is 0 Å². The highest BCUT2D eigenvalue weighted by molar-refractivity contribution is 6.34. The molecule has 1 rings (SSSR count). The van der Waals surface area contributed by atoms with Gasteiger partial charge in [0.2, 0.25) is 5.91 Å². The number of hydrogen-bond acceptors (Lipinski definition) is 5. The van der Waals surface area contributed by atoms with Crippen molar-refractivity contribution < 1.29 is 14.3 Å². The summed E-state index contributed by atoms with van der Waals surface area (Å²) < 4.78 is 4.97. The lowest BCUT2D eigenvalue weighted by atomic mass is 10.1. The molecule has 0 bridgehead atoms. The molecule has 0 saturated heterocycles. The summed E-state index contributed by atoms with van der Waals surface area (Å²) in [5.74, 6) is -0.648. The zero-order valence-corrected chi connectivity index (χ0v) is 13.2. The Hall–Kier alpha value is -1.95. The van der Waals surface area contributed by atoms with Crippen molar-refractivity contribution in [3.05, 3.63) is 22.7 Å². The first kappa shape index (κ1) is 17.1. The van der Waals surface area contributed by atoms with Gasteiger partial charge in [0.15, 0.2) is 0 Å². The van der Waals surface area contributed by atoms with Crippen LogP contribution in [-0.4, -0.2) is 43.5 Å². The average Bonchev–Trinajstić information content (AvgIpc) is 2.44. The molecule has 1 amide bonds. The SMILES string of the molecule is CCOC(=O)c1cc(N)cc(Cl)c1NCC(=O)N(C)CC. The third-order valence-corrected chi connectivity index (χ3v) is 3.22. The molecule has 0 radical (unpaired) electrons. The number of ether oxygens (including phenoxy) is 1. The molecule has 21 heavy (non-hydrogen) atoms. The summed E-state index contributed by atoms with van der Waals surface area (Å²) in [6.45, 7) is 4.44. The average molecular weight is 314 g/mol. The minimum atomic E-state index is -0.537. The highest BCUT2D eigenvalue weighted by Crippen LogP contribution is 2.29. The topological polar surface area (TPSA) is 84.7 Å². The number of nitrogens with one attached hydrogen (secondary N) is 1. The van der Waals surface area contributed by atoms with Gasteiger partial charge in [-0.25, -0.2) is 4.79 Å². The van der Waals surface area contributed by atoms with Gasteiger partial charge in [0.25, 0.3) is 0 Å². The quantitative estimate of drug-likeness (QED) is 0.620. The Bertz CT molecular complexity index is 534. The Kier molecular flexibility index (Phi) is 6.30. The zero-order chi connectivity index (χ0) is 16.0. The number of carbonyl (C=O) groups is 2. The Morgan fingerprint density at radius 3 is 2.62 bits per heavy atom. The second-order valence-electron chi connectivity index (χ2n) is 4.41. The van der Waals surface area contributed by atoms with Crippen LogP contribution in [0.4, 0.5) is 11.4 Å². The fourth-order valence-corrected chi connectivity index (χ4v) is 1.95. The molecule has 0 saturated carbocycles. The van der Waals surface area contributed by atoms with Gasteiger partial charge in [0.05, 0.1) is 29.4 Å². The maximum atomic E-state index is 11.9. The molecule has 0 heterocycles. The molecule has 0 atom stereocenters. The number of esters is 1. The molecule has 0 spiro atoms. The Balaban J connectivity index is 2.99. The van der Waals surface area contributed by atoms with Crippen LogP contribution in [0, 0.1) is 0 Å². The van der Waals surface area contributed by atoms with Gasteiger partial charge in [-0.15, -0.1) is 0 Å². The molecule has 1 aromatic rings. The van der Waals surface area contributed by atoms with Gasteiger partial charge < -0.3 is 20.7 Å². The molecule has 0 aliphatic rings. The standard InChI is InChI=1S/C14H20ClN3O3/c1-4-18(3)12(19)8-17-13-10(14(20)21-5-2)6-9(16)7-11(13)15/h6-7,17H,4-5,8,16H2,1-3H3. The summed E-state index contributed by atoms with van der Waals surface area (Å²) in [6.07, 6.45) is 0. The van der Waals surface area contributed by atoms with Crippen molar-refractivity contribution in [1.82, 2.24) is 4.90 Å². The lowest BCUT2D eigenvalue weighted by Gasteiger charge is -2.17. The molecule has 7 heteroatoms. The summed E-state index contributed by atoms with van der Waals surface area (Å²) in [4.78, 5) is 25.3. The number of likely N-dealkylation sites (N-methyl/N-ethyl adjacent to an activating group) is 1. The molecule has 0 aliphatic carbocycles. The normalized spacial score (nSPS) is 10.1. The summed E-state index contributed by atoms with van der Waals surface area (Å²) in [5.41, 5.74) is 6.61. The first-order valence-electron chi connectivity index (χ1n) is 6.64. The van der Waals surface area contributed by atoms with Crippen LogP contribution in [0.2, 0.25) is 5.02 Å². The zero-order valence-electron chi connectivity index (χ0n) is 12.4. The van der Waals surface area contributed by atoms with Gasteiger partial charge in [0, 0.05) is 19.3 Å². The van der Waals surface area contributed by atoms with E-state index in [1.807, 2.05) is 6.92 Å². The predicted molar refractivity (Wildman–Crippen MR) is 83.6 cm³/mol. The van der Waals surface area contributed by atoms with E-state index in [4.69, 9.17) is 22.1 Å². The third-order valence-electron chi connectivity index (χ3n) is 2.92. The molecule has 0 fully saturated rings. The van der Waals surface area contributed by atoms with Crippen LogP contribution in [0.5, 0.6) is 0 Å². The molecule has 116 valence electrons. The highest BCUT2D eigenvalue weighted by atomic mass is 35.5. The molecule has 0 unspecified atom stereocenters. The second-order valence-corrected chi connectivity index (χ2v) is 4.81. The Morgan fingerprint density at radius 2 is 2.05 bits per heavy atom. The number of amides is 1. The van der Waals surface area contributed by atoms with Gasteiger partial charge in [0.1, 0.15) is 0 Å². The summed E-state index contributed by atoms with van der Waals surface area (Å²) in [6, 6.07) is 2.99. The van der Waals surface area contributed by atoms with Crippen LogP contribution in [0.15, 0.2) is 12.1 Å². The Morgan fingerprint density at radius 1 is 1.38 bits per heavy atom. The van der Waals surface area contributed by atoms with Gasteiger partial charge in [-0.3, -0.25) is 4.79 Å². The van der Waals surface area contributed by atoms with Crippen molar-refractivity contribution in [2.75, 3.05) is 37.8 Å². The first-order chi connectivity index (χ1) is 9.90. The molecule has 0 aromatic heterocycles. The van der Waals surface area contributed by atoms with Crippen LogP contribution in [-0.2, 0) is 9.53 Å². The number of rotatable bonds is 6. The fraction of sp³-hybridized carbons (Fsp3) is 0.429. The first-order valence-corrected chi connectivity index (χ1v) is 7.02. The van der Waals surface area contributed by atoms with E-state index in [1.165, 1.54) is 12.1 Å². The molecular weight excluding hydrogens is 294 g/mol. The van der Waals surface area contributed by atoms with Crippen LogP contribution < -0.4 is 11.1 Å². The second kappa shape index (κ2) is 7.73. The van der Waals surface area contributed by atoms with Crippen molar-refractivity contribution in [2.45, 2.75) is 13.8 Å². The van der Waals surface area contributed by atoms with Crippen molar-refractivity contribution in [1.29, 1.82) is 0 Å². The van der Waals surface area contributed by atoms with Crippen molar-refractivity contribution >= 4 is 34.9 Å². The van der Waals surface area contributed by atoms with Crippen molar-refractivity contribution in [2.24, 2.45) is 0 Å².